The van der Waals surface area contributed by atoms with Crippen LogP contribution in [0.2, 0.25) is 0 Å². The minimum atomic E-state index is 0.0344. The summed E-state index contributed by atoms with van der Waals surface area (Å²) in [5.74, 6) is 1.69. The normalized spacial score (nSPS) is 20.3. The molecule has 2 heterocycles. The molecule has 0 aliphatic carbocycles. The third-order valence-corrected chi connectivity index (χ3v) is 5.34. The van der Waals surface area contributed by atoms with Crippen LogP contribution in [0.4, 0.5) is 0 Å². The molecule has 1 fully saturated rings. The second-order valence-electron chi connectivity index (χ2n) is 7.36. The number of likely N-dealkylation sites (tertiary alicyclic amines) is 1. The van der Waals surface area contributed by atoms with E-state index in [-0.39, 0.29) is 18.1 Å². The highest BCUT2D eigenvalue weighted by Gasteiger charge is 2.26. The Kier molecular flexibility index (Phi) is 5.30. The molecule has 1 atom stereocenters. The predicted octanol–water partition coefficient (Wildman–Crippen LogP) is 3.03. The van der Waals surface area contributed by atoms with Gasteiger partial charge in [0.05, 0.1) is 0 Å². The molecule has 1 unspecified atom stereocenters. The first kappa shape index (κ1) is 17.9. The molecule has 2 aliphatic heterocycles. The van der Waals surface area contributed by atoms with E-state index in [0.717, 1.165) is 55.1 Å². The molecule has 0 saturated carbocycles. The van der Waals surface area contributed by atoms with Crippen LogP contribution in [0.5, 0.6) is 11.5 Å². The first-order valence-corrected chi connectivity index (χ1v) is 9.66. The van der Waals surface area contributed by atoms with Crippen molar-refractivity contribution in [2.45, 2.75) is 31.9 Å². The van der Waals surface area contributed by atoms with Crippen molar-refractivity contribution < 1.29 is 14.3 Å². The number of carbonyl (C=O) groups excluding carboxylic acids is 1. The summed E-state index contributed by atoms with van der Waals surface area (Å²) in [7, 11) is 0. The zero-order valence-electron chi connectivity index (χ0n) is 15.7. The number of aryl methyl sites for hydroxylation is 1. The summed E-state index contributed by atoms with van der Waals surface area (Å²) in [4.78, 5) is 14.9. The number of benzene rings is 2. The van der Waals surface area contributed by atoms with E-state index in [9.17, 15) is 4.79 Å². The highest BCUT2D eigenvalue weighted by Crippen LogP contribution is 2.31. The van der Waals surface area contributed by atoms with E-state index in [1.54, 1.807) is 0 Å². The zero-order valence-corrected chi connectivity index (χ0v) is 15.7. The van der Waals surface area contributed by atoms with Crippen molar-refractivity contribution in [3.8, 4) is 11.5 Å². The van der Waals surface area contributed by atoms with E-state index >= 15 is 0 Å². The maximum atomic E-state index is 12.5. The number of ether oxygens (including phenoxy) is 2. The van der Waals surface area contributed by atoms with Gasteiger partial charge in [-0.2, -0.15) is 0 Å². The molecule has 5 heteroatoms. The molecule has 1 saturated heterocycles. The van der Waals surface area contributed by atoms with E-state index in [4.69, 9.17) is 9.47 Å². The number of fused-ring (bicyclic) bond motifs is 1. The van der Waals surface area contributed by atoms with Crippen LogP contribution in [0.3, 0.4) is 0 Å². The third-order valence-electron chi connectivity index (χ3n) is 5.34. The van der Waals surface area contributed by atoms with Gasteiger partial charge in [0.2, 0.25) is 0 Å². The largest absolute Gasteiger partial charge is 0.486 e. The van der Waals surface area contributed by atoms with Crippen LogP contribution in [-0.2, 0) is 0 Å². The number of hydrogen-bond acceptors (Lipinski definition) is 4. The van der Waals surface area contributed by atoms with E-state index in [1.807, 2.05) is 55.5 Å². The van der Waals surface area contributed by atoms with Gasteiger partial charge >= 0.3 is 0 Å². The third kappa shape index (κ3) is 4.25. The summed E-state index contributed by atoms with van der Waals surface area (Å²) in [5.41, 5.74) is 1.79. The summed E-state index contributed by atoms with van der Waals surface area (Å²) in [6.07, 6.45) is 1.97. The Morgan fingerprint density at radius 1 is 1.07 bits per heavy atom. The molecular weight excluding hydrogens is 340 g/mol. The number of carbonyl (C=O) groups is 1. The Bertz CT molecular complexity index is 800. The smallest absolute Gasteiger partial charge is 0.251 e. The number of rotatable bonds is 4. The van der Waals surface area contributed by atoms with Crippen molar-refractivity contribution in [3.05, 3.63) is 59.7 Å². The van der Waals surface area contributed by atoms with Gasteiger partial charge in [0.15, 0.2) is 11.5 Å². The fourth-order valence-electron chi connectivity index (χ4n) is 3.79. The Labute approximate surface area is 160 Å². The number of piperidine rings is 1. The maximum Gasteiger partial charge on any atom is 0.251 e. The first-order valence-electron chi connectivity index (χ1n) is 9.66. The monoisotopic (exact) mass is 366 g/mol. The lowest BCUT2D eigenvalue weighted by Gasteiger charge is -2.35. The SMILES string of the molecule is Cc1ccccc1C(=O)NC1CCN(CC2COc3ccccc3O2)CC1. The molecule has 0 spiro atoms. The molecule has 2 aromatic rings. The zero-order chi connectivity index (χ0) is 18.6. The summed E-state index contributed by atoms with van der Waals surface area (Å²) in [6, 6.07) is 15.8. The van der Waals surface area contributed by atoms with Gasteiger partial charge in [0.25, 0.3) is 5.91 Å². The molecular formula is C22H26N2O3. The van der Waals surface area contributed by atoms with Gasteiger partial charge in [-0.05, 0) is 43.5 Å². The Morgan fingerprint density at radius 3 is 2.56 bits per heavy atom. The average molecular weight is 366 g/mol. The quantitative estimate of drug-likeness (QED) is 0.904. The van der Waals surface area contributed by atoms with Crippen molar-refractivity contribution >= 4 is 5.91 Å². The van der Waals surface area contributed by atoms with Gasteiger partial charge in [-0.15, -0.1) is 0 Å². The van der Waals surface area contributed by atoms with Gasteiger partial charge in [-0.25, -0.2) is 0 Å². The van der Waals surface area contributed by atoms with Gasteiger partial charge < -0.3 is 14.8 Å². The van der Waals surface area contributed by atoms with Crippen LogP contribution in [0, 0.1) is 6.92 Å². The van der Waals surface area contributed by atoms with Crippen LogP contribution in [0.15, 0.2) is 48.5 Å². The lowest BCUT2D eigenvalue weighted by atomic mass is 10.0. The molecule has 2 aromatic carbocycles. The first-order chi connectivity index (χ1) is 13.2. The number of nitrogens with zero attached hydrogens (tertiary/aromatic N) is 1. The number of para-hydroxylation sites is 2. The Morgan fingerprint density at radius 2 is 1.78 bits per heavy atom. The van der Waals surface area contributed by atoms with Gasteiger partial charge in [-0.1, -0.05) is 30.3 Å². The topological polar surface area (TPSA) is 50.8 Å². The Balaban J connectivity index is 1.25. The molecule has 0 aromatic heterocycles. The van der Waals surface area contributed by atoms with Crippen molar-refractivity contribution in [1.82, 2.24) is 10.2 Å². The second-order valence-corrected chi connectivity index (χ2v) is 7.36. The number of amides is 1. The van der Waals surface area contributed by atoms with Crippen molar-refractivity contribution in [2.24, 2.45) is 0 Å². The molecule has 2 aliphatic rings. The summed E-state index contributed by atoms with van der Waals surface area (Å²) < 4.78 is 11.9. The maximum absolute atomic E-state index is 12.5. The van der Waals surface area contributed by atoms with E-state index in [2.05, 4.69) is 10.2 Å². The molecule has 27 heavy (non-hydrogen) atoms. The second kappa shape index (κ2) is 8.01. The van der Waals surface area contributed by atoms with Crippen LogP contribution in [-0.4, -0.2) is 49.2 Å². The molecule has 142 valence electrons. The van der Waals surface area contributed by atoms with E-state index in [1.165, 1.54) is 0 Å². The fraction of sp³-hybridized carbons (Fsp3) is 0.409. The molecule has 0 radical (unpaired) electrons. The Hall–Kier alpha value is -2.53. The molecule has 5 nitrogen and oxygen atoms in total. The predicted molar refractivity (Wildman–Crippen MR) is 104 cm³/mol. The molecule has 1 amide bonds. The van der Waals surface area contributed by atoms with Crippen molar-refractivity contribution in [3.63, 3.8) is 0 Å². The minimum Gasteiger partial charge on any atom is -0.486 e. The molecule has 1 N–H and O–H groups in total. The van der Waals surface area contributed by atoms with E-state index < -0.39 is 0 Å². The van der Waals surface area contributed by atoms with Gasteiger partial charge in [0, 0.05) is 31.2 Å². The van der Waals surface area contributed by atoms with Crippen LogP contribution < -0.4 is 14.8 Å². The summed E-state index contributed by atoms with van der Waals surface area (Å²) in [5, 5.41) is 3.19. The fourth-order valence-corrected chi connectivity index (χ4v) is 3.79. The lowest BCUT2D eigenvalue weighted by molar-refractivity contribution is 0.0496. The van der Waals surface area contributed by atoms with E-state index in [0.29, 0.717) is 6.61 Å². The molecule has 0 bridgehead atoms. The van der Waals surface area contributed by atoms with Gasteiger partial charge in [0.1, 0.15) is 12.7 Å². The summed E-state index contributed by atoms with van der Waals surface area (Å²) >= 11 is 0. The highest BCUT2D eigenvalue weighted by molar-refractivity contribution is 5.95. The standard InChI is InChI=1S/C22H26N2O3/c1-16-6-2-3-7-19(16)22(25)23-17-10-12-24(13-11-17)14-18-15-26-20-8-4-5-9-21(20)27-18/h2-9,17-18H,10-15H2,1H3,(H,23,25). The minimum absolute atomic E-state index is 0.0344. The average Bonchev–Trinajstić information content (AvgIpc) is 2.70. The van der Waals surface area contributed by atoms with Crippen LogP contribution >= 0.6 is 0 Å². The van der Waals surface area contributed by atoms with Crippen LogP contribution in [0.1, 0.15) is 28.8 Å². The van der Waals surface area contributed by atoms with Crippen LogP contribution in [0.25, 0.3) is 0 Å². The van der Waals surface area contributed by atoms with Crippen molar-refractivity contribution in [2.75, 3.05) is 26.2 Å². The van der Waals surface area contributed by atoms with Gasteiger partial charge in [-0.3, -0.25) is 9.69 Å². The van der Waals surface area contributed by atoms with Crippen molar-refractivity contribution in [1.29, 1.82) is 0 Å². The lowest BCUT2D eigenvalue weighted by Crippen LogP contribution is -2.48. The summed E-state index contributed by atoms with van der Waals surface area (Å²) in [6.45, 7) is 5.33. The highest BCUT2D eigenvalue weighted by atomic mass is 16.6. The number of nitrogens with one attached hydrogen (secondary N) is 1. The number of hydrogen-bond donors (Lipinski definition) is 1. The molecule has 4 rings (SSSR count).